The third kappa shape index (κ3) is 9.17. The first kappa shape index (κ1) is 12.3. The third-order valence-electron chi connectivity index (χ3n) is 1.22. The lowest BCUT2D eigenvalue weighted by Crippen LogP contribution is -2.15. The predicted molar refractivity (Wildman–Crippen MR) is 41.1 cm³/mol. The molecular formula is C8H13F3O2. The fraction of sp³-hybridized carbons (Fsp3) is 0.875. The van der Waals surface area contributed by atoms with Crippen LogP contribution in [0.3, 0.4) is 0 Å². The average molecular weight is 198 g/mol. The van der Waals surface area contributed by atoms with E-state index in [-0.39, 0.29) is 12.3 Å². The molecule has 78 valence electrons. The van der Waals surface area contributed by atoms with Crippen LogP contribution in [0.5, 0.6) is 0 Å². The van der Waals surface area contributed by atoms with Gasteiger partial charge in [0.2, 0.25) is 0 Å². The van der Waals surface area contributed by atoms with E-state index >= 15 is 0 Å². The van der Waals surface area contributed by atoms with Gasteiger partial charge in [-0.05, 0) is 5.92 Å². The number of alkyl halides is 3. The summed E-state index contributed by atoms with van der Waals surface area (Å²) in [5, 5.41) is 0. The first-order valence-corrected chi connectivity index (χ1v) is 4.03. The van der Waals surface area contributed by atoms with Gasteiger partial charge in [0.05, 0.1) is 13.0 Å². The highest BCUT2D eigenvalue weighted by molar-refractivity contribution is 5.69. The quantitative estimate of drug-likeness (QED) is 0.649. The zero-order chi connectivity index (χ0) is 10.5. The highest BCUT2D eigenvalue weighted by Gasteiger charge is 2.27. The summed E-state index contributed by atoms with van der Waals surface area (Å²) in [4.78, 5) is 10.7. The van der Waals surface area contributed by atoms with Gasteiger partial charge in [0.1, 0.15) is 0 Å². The van der Waals surface area contributed by atoms with Crippen LogP contribution >= 0.6 is 0 Å². The maximum Gasteiger partial charge on any atom is 0.392 e. The van der Waals surface area contributed by atoms with Crippen LogP contribution in [0, 0.1) is 5.92 Å². The number of hydrogen-bond acceptors (Lipinski definition) is 2. The molecule has 0 aromatic rings. The molecule has 0 bridgehead atoms. The third-order valence-corrected chi connectivity index (χ3v) is 1.22. The molecule has 0 atom stereocenters. The Hall–Kier alpha value is -0.740. The van der Waals surface area contributed by atoms with Gasteiger partial charge in [-0.3, -0.25) is 4.79 Å². The van der Waals surface area contributed by atoms with Crippen LogP contribution in [0.4, 0.5) is 13.2 Å². The summed E-state index contributed by atoms with van der Waals surface area (Å²) in [6.07, 6.45) is -5.16. The first-order chi connectivity index (χ1) is 5.81. The molecule has 2 nitrogen and oxygen atoms in total. The van der Waals surface area contributed by atoms with Gasteiger partial charge in [-0.15, -0.1) is 0 Å². The smallest absolute Gasteiger partial charge is 0.392 e. The molecule has 0 saturated carbocycles. The summed E-state index contributed by atoms with van der Waals surface area (Å²) >= 11 is 0. The molecule has 0 aromatic carbocycles. The molecule has 0 aliphatic carbocycles. The van der Waals surface area contributed by atoms with Crippen molar-refractivity contribution >= 4 is 5.97 Å². The summed E-state index contributed by atoms with van der Waals surface area (Å²) < 4.78 is 39.1. The summed E-state index contributed by atoms with van der Waals surface area (Å²) in [6.45, 7) is 3.02. The lowest BCUT2D eigenvalue weighted by Gasteiger charge is -2.08. The Bertz CT molecular complexity index is 163. The number of ether oxygens (including phenoxy) is 1. The summed E-state index contributed by atoms with van der Waals surface area (Å²) in [5.74, 6) is -0.461. The number of carbonyl (C=O) groups excluding carboxylic acids is 1. The summed E-state index contributed by atoms with van der Waals surface area (Å²) in [6, 6.07) is 0. The Morgan fingerprint density at radius 3 is 2.31 bits per heavy atom. The fourth-order valence-corrected chi connectivity index (χ4v) is 0.673. The van der Waals surface area contributed by atoms with Crippen molar-refractivity contribution in [2.75, 3.05) is 6.61 Å². The SMILES string of the molecule is CC(C)CC(=O)OCCC(F)(F)F. The number of hydrogen-bond donors (Lipinski definition) is 0. The Morgan fingerprint density at radius 2 is 1.92 bits per heavy atom. The minimum atomic E-state index is -4.25. The van der Waals surface area contributed by atoms with Crippen molar-refractivity contribution in [2.45, 2.75) is 32.9 Å². The Morgan fingerprint density at radius 1 is 1.38 bits per heavy atom. The molecule has 5 heteroatoms. The molecule has 0 aromatic heterocycles. The molecule has 0 unspecified atom stereocenters. The zero-order valence-corrected chi connectivity index (χ0v) is 7.65. The summed E-state index contributed by atoms with van der Waals surface area (Å²) in [5.41, 5.74) is 0. The molecule has 0 aliphatic rings. The largest absolute Gasteiger partial charge is 0.465 e. The van der Waals surface area contributed by atoms with Crippen LogP contribution in [0.1, 0.15) is 26.7 Å². The molecule has 0 heterocycles. The van der Waals surface area contributed by atoms with Gasteiger partial charge >= 0.3 is 12.1 Å². The van der Waals surface area contributed by atoms with Crippen LogP contribution in [0.15, 0.2) is 0 Å². The average Bonchev–Trinajstić information content (AvgIpc) is 1.81. The van der Waals surface area contributed by atoms with Crippen LogP contribution in [-0.4, -0.2) is 18.8 Å². The minimum Gasteiger partial charge on any atom is -0.465 e. The Balaban J connectivity index is 3.49. The van der Waals surface area contributed by atoms with Crippen molar-refractivity contribution in [1.82, 2.24) is 0 Å². The lowest BCUT2D eigenvalue weighted by atomic mass is 10.1. The molecule has 13 heavy (non-hydrogen) atoms. The van der Waals surface area contributed by atoms with Gasteiger partial charge in [0.15, 0.2) is 0 Å². The maximum atomic E-state index is 11.6. The Kier molecular flexibility index (Phi) is 4.80. The fourth-order valence-electron chi connectivity index (χ4n) is 0.673. The molecule has 0 spiro atoms. The number of halogens is 3. The van der Waals surface area contributed by atoms with Gasteiger partial charge in [-0.25, -0.2) is 0 Å². The second-order valence-electron chi connectivity index (χ2n) is 3.18. The van der Waals surface area contributed by atoms with E-state index in [9.17, 15) is 18.0 Å². The van der Waals surface area contributed by atoms with Crippen molar-refractivity contribution in [2.24, 2.45) is 5.92 Å². The molecule has 0 radical (unpaired) electrons. The van der Waals surface area contributed by atoms with Crippen molar-refractivity contribution in [3.63, 3.8) is 0 Å². The van der Waals surface area contributed by atoms with Crippen molar-refractivity contribution in [3.05, 3.63) is 0 Å². The van der Waals surface area contributed by atoms with Crippen molar-refractivity contribution in [3.8, 4) is 0 Å². The van der Waals surface area contributed by atoms with E-state index in [4.69, 9.17) is 0 Å². The van der Waals surface area contributed by atoms with Crippen LogP contribution in [0.25, 0.3) is 0 Å². The van der Waals surface area contributed by atoms with Gasteiger partial charge in [-0.1, -0.05) is 13.8 Å². The normalized spacial score (nSPS) is 11.8. The molecular weight excluding hydrogens is 185 g/mol. The number of esters is 1. The molecule has 0 rings (SSSR count). The van der Waals surface area contributed by atoms with Crippen molar-refractivity contribution in [1.29, 1.82) is 0 Å². The van der Waals surface area contributed by atoms with E-state index in [1.807, 2.05) is 0 Å². The molecule has 0 amide bonds. The molecule has 0 saturated heterocycles. The van der Waals surface area contributed by atoms with E-state index < -0.39 is 25.2 Å². The van der Waals surface area contributed by atoms with E-state index in [1.54, 1.807) is 13.8 Å². The Labute approximate surface area is 75.1 Å². The summed E-state index contributed by atoms with van der Waals surface area (Å²) in [7, 11) is 0. The van der Waals surface area contributed by atoms with Crippen LogP contribution < -0.4 is 0 Å². The van der Waals surface area contributed by atoms with E-state index in [2.05, 4.69) is 4.74 Å². The van der Waals surface area contributed by atoms with E-state index in [0.29, 0.717) is 0 Å². The minimum absolute atomic E-state index is 0.110. The van der Waals surface area contributed by atoms with Crippen molar-refractivity contribution < 1.29 is 22.7 Å². The highest BCUT2D eigenvalue weighted by atomic mass is 19.4. The topological polar surface area (TPSA) is 26.3 Å². The van der Waals surface area contributed by atoms with Gasteiger partial charge in [-0.2, -0.15) is 13.2 Å². The first-order valence-electron chi connectivity index (χ1n) is 4.03. The van der Waals surface area contributed by atoms with E-state index in [0.717, 1.165) is 0 Å². The standard InChI is InChI=1S/C8H13F3O2/c1-6(2)5-7(12)13-4-3-8(9,10)11/h6H,3-5H2,1-2H3. The predicted octanol–water partition coefficient (Wildman–Crippen LogP) is 2.53. The second-order valence-corrected chi connectivity index (χ2v) is 3.18. The molecule has 0 aliphatic heterocycles. The second kappa shape index (κ2) is 5.09. The van der Waals surface area contributed by atoms with Gasteiger partial charge in [0, 0.05) is 6.42 Å². The van der Waals surface area contributed by atoms with E-state index in [1.165, 1.54) is 0 Å². The lowest BCUT2D eigenvalue weighted by molar-refractivity contribution is -0.159. The maximum absolute atomic E-state index is 11.6. The highest BCUT2D eigenvalue weighted by Crippen LogP contribution is 2.19. The van der Waals surface area contributed by atoms with Gasteiger partial charge in [0.25, 0.3) is 0 Å². The monoisotopic (exact) mass is 198 g/mol. The van der Waals surface area contributed by atoms with Crippen LogP contribution in [-0.2, 0) is 9.53 Å². The number of rotatable bonds is 4. The molecule has 0 fully saturated rings. The van der Waals surface area contributed by atoms with Gasteiger partial charge < -0.3 is 4.74 Å². The zero-order valence-electron chi connectivity index (χ0n) is 7.65. The number of carbonyl (C=O) groups is 1. The van der Waals surface area contributed by atoms with Crippen LogP contribution in [0.2, 0.25) is 0 Å². The molecule has 0 N–H and O–H groups in total.